The van der Waals surface area contributed by atoms with Crippen molar-refractivity contribution < 1.29 is 0 Å². The molecule has 0 radical (unpaired) electrons. The largest absolute Gasteiger partial charge is 0.310 e. The van der Waals surface area contributed by atoms with Crippen molar-refractivity contribution in [3.63, 3.8) is 0 Å². The van der Waals surface area contributed by atoms with Crippen molar-refractivity contribution in [3.8, 4) is 12.1 Å². The Morgan fingerprint density at radius 1 is 0.296 bits per heavy atom. The molecule has 0 bridgehead atoms. The van der Waals surface area contributed by atoms with Crippen LogP contribution in [0.5, 0.6) is 0 Å². The first-order chi connectivity index (χ1) is 26.7. The Hall–Kier alpha value is -7.66. The highest BCUT2D eigenvalue weighted by Gasteiger charge is 2.26. The molecule has 0 atom stereocenters. The van der Waals surface area contributed by atoms with E-state index in [2.05, 4.69) is 155 Å². The normalized spacial score (nSPS) is 11.3. The lowest BCUT2D eigenvalue weighted by atomic mass is 9.83. The van der Waals surface area contributed by atoms with Crippen LogP contribution in [0, 0.1) is 22.7 Å². The molecule has 0 saturated heterocycles. The van der Waals surface area contributed by atoms with Crippen LogP contribution < -0.4 is 9.80 Å². The summed E-state index contributed by atoms with van der Waals surface area (Å²) in [6, 6.07) is 67.8. The minimum absolute atomic E-state index is 0.612. The molecule has 0 fully saturated rings. The summed E-state index contributed by atoms with van der Waals surface area (Å²) in [4.78, 5) is 4.65. The average Bonchev–Trinajstić information content (AvgIpc) is 3.25. The fraction of sp³-hybridized carbons (Fsp3) is 0. The first-order valence-electron chi connectivity index (χ1n) is 18.0. The van der Waals surface area contributed by atoms with Gasteiger partial charge in [0.05, 0.1) is 34.6 Å². The monoisotopic (exact) mass is 686 g/mol. The van der Waals surface area contributed by atoms with Gasteiger partial charge in [-0.25, -0.2) is 0 Å². The zero-order chi connectivity index (χ0) is 36.2. The third-order valence-corrected chi connectivity index (χ3v) is 10.6. The molecule has 0 N–H and O–H groups in total. The van der Waals surface area contributed by atoms with Gasteiger partial charge in [0.1, 0.15) is 0 Å². The van der Waals surface area contributed by atoms with Gasteiger partial charge in [0.15, 0.2) is 0 Å². The molecule has 0 amide bonds. The number of anilines is 6. The topological polar surface area (TPSA) is 54.1 Å². The summed E-state index contributed by atoms with van der Waals surface area (Å²) in [6.45, 7) is 0. The molecule has 10 aromatic rings. The highest BCUT2D eigenvalue weighted by atomic mass is 15.1. The van der Waals surface area contributed by atoms with Gasteiger partial charge in [0, 0.05) is 44.3 Å². The molecular weight excluding hydrogens is 657 g/mol. The van der Waals surface area contributed by atoms with E-state index in [4.69, 9.17) is 0 Å². The Labute approximate surface area is 312 Å². The van der Waals surface area contributed by atoms with E-state index in [9.17, 15) is 10.5 Å². The van der Waals surface area contributed by atoms with Gasteiger partial charge in [0.2, 0.25) is 0 Å². The van der Waals surface area contributed by atoms with Crippen LogP contribution in [-0.4, -0.2) is 0 Å². The molecule has 0 aliphatic heterocycles. The lowest BCUT2D eigenvalue weighted by Crippen LogP contribution is -2.12. The second-order valence-corrected chi connectivity index (χ2v) is 13.5. The smallest absolute Gasteiger partial charge is 0.0991 e. The van der Waals surface area contributed by atoms with E-state index < -0.39 is 0 Å². The van der Waals surface area contributed by atoms with Gasteiger partial charge in [-0.1, -0.05) is 97.1 Å². The zero-order valence-corrected chi connectivity index (χ0v) is 29.1. The maximum absolute atomic E-state index is 10.2. The molecule has 0 heterocycles. The quantitative estimate of drug-likeness (QED) is 0.129. The number of nitrogens with zero attached hydrogens (tertiary/aromatic N) is 4. The van der Waals surface area contributed by atoms with Crippen LogP contribution in [0.15, 0.2) is 182 Å². The number of hydrogen-bond acceptors (Lipinski definition) is 4. The third-order valence-electron chi connectivity index (χ3n) is 10.6. The Morgan fingerprint density at radius 3 is 0.907 bits per heavy atom. The molecule has 4 heteroatoms. The summed E-state index contributed by atoms with van der Waals surface area (Å²) < 4.78 is 0. The van der Waals surface area contributed by atoms with Gasteiger partial charge in [-0.3, -0.25) is 0 Å². The Balaban J connectivity index is 1.46. The molecule has 0 unspecified atom stereocenters. The summed E-state index contributed by atoms with van der Waals surface area (Å²) in [7, 11) is 0. The van der Waals surface area contributed by atoms with Gasteiger partial charge in [0.25, 0.3) is 0 Å². The van der Waals surface area contributed by atoms with Gasteiger partial charge in [-0.15, -0.1) is 0 Å². The maximum atomic E-state index is 10.2. The van der Waals surface area contributed by atoms with Gasteiger partial charge in [-0.2, -0.15) is 10.5 Å². The molecule has 10 rings (SSSR count). The summed E-state index contributed by atoms with van der Waals surface area (Å²) in [6.07, 6.45) is 0. The highest BCUT2D eigenvalue weighted by molar-refractivity contribution is 6.43. The van der Waals surface area contributed by atoms with E-state index in [1.165, 1.54) is 0 Å². The van der Waals surface area contributed by atoms with Crippen molar-refractivity contribution in [1.29, 1.82) is 10.5 Å². The van der Waals surface area contributed by atoms with Crippen molar-refractivity contribution in [2.75, 3.05) is 9.80 Å². The van der Waals surface area contributed by atoms with Crippen LogP contribution >= 0.6 is 0 Å². The molecule has 0 aliphatic carbocycles. The van der Waals surface area contributed by atoms with Crippen LogP contribution in [0.25, 0.3) is 53.9 Å². The number of fused-ring (bicyclic) bond motifs is 6. The molecular formula is C50H30N4. The van der Waals surface area contributed by atoms with E-state index >= 15 is 0 Å². The van der Waals surface area contributed by atoms with Gasteiger partial charge in [-0.05, 0) is 117 Å². The van der Waals surface area contributed by atoms with E-state index in [0.29, 0.717) is 11.1 Å². The van der Waals surface area contributed by atoms with Crippen LogP contribution in [-0.2, 0) is 0 Å². The zero-order valence-electron chi connectivity index (χ0n) is 29.1. The molecule has 0 aromatic heterocycles. The Morgan fingerprint density at radius 2 is 0.593 bits per heavy atom. The second-order valence-electron chi connectivity index (χ2n) is 13.5. The lowest BCUT2D eigenvalue weighted by Gasteiger charge is -2.31. The highest BCUT2D eigenvalue weighted by Crippen LogP contribution is 2.53. The number of para-hydroxylation sites is 4. The predicted molar refractivity (Wildman–Crippen MR) is 224 cm³/mol. The van der Waals surface area contributed by atoms with E-state index in [-0.39, 0.29) is 0 Å². The maximum Gasteiger partial charge on any atom is 0.0991 e. The Kier molecular flexibility index (Phi) is 7.22. The minimum atomic E-state index is 0.612. The van der Waals surface area contributed by atoms with Crippen LogP contribution in [0.4, 0.5) is 34.1 Å². The molecule has 0 saturated carbocycles. The van der Waals surface area contributed by atoms with Crippen molar-refractivity contribution >= 4 is 88.0 Å². The summed E-state index contributed by atoms with van der Waals surface area (Å²) in [5.74, 6) is 0. The lowest BCUT2D eigenvalue weighted by molar-refractivity contribution is 1.30. The molecule has 4 nitrogen and oxygen atoms in total. The average molecular weight is 687 g/mol. The molecule has 0 aliphatic rings. The van der Waals surface area contributed by atoms with E-state index in [0.717, 1.165) is 88.0 Å². The van der Waals surface area contributed by atoms with Crippen molar-refractivity contribution in [2.45, 2.75) is 0 Å². The van der Waals surface area contributed by atoms with Crippen LogP contribution in [0.1, 0.15) is 11.1 Å². The number of hydrogen-bond donors (Lipinski definition) is 0. The number of benzene rings is 10. The predicted octanol–water partition coefficient (Wildman–Crippen LogP) is 13.6. The first-order valence-corrected chi connectivity index (χ1v) is 18.0. The Bertz CT molecular complexity index is 2820. The van der Waals surface area contributed by atoms with Crippen molar-refractivity contribution in [1.82, 2.24) is 0 Å². The standard InChI is InChI=1S/C50H30N4/c51-31-33-21-23-39-43(29-33)42-26-28-46(54(37-17-9-3-10-18-37)38-19-11-4-12-20-38)48-40-24-22-34(32-52)30-44(40)41-25-27-45(47(39)49(41)50(42)48)53(35-13-5-1-6-14-35)36-15-7-2-8-16-36/h1-30H. The van der Waals surface area contributed by atoms with Crippen LogP contribution in [0.2, 0.25) is 0 Å². The van der Waals surface area contributed by atoms with E-state index in [1.807, 2.05) is 48.5 Å². The van der Waals surface area contributed by atoms with E-state index in [1.54, 1.807) is 0 Å². The number of rotatable bonds is 6. The fourth-order valence-electron chi connectivity index (χ4n) is 8.34. The first kappa shape index (κ1) is 31.1. The van der Waals surface area contributed by atoms with Crippen LogP contribution in [0.3, 0.4) is 0 Å². The number of nitriles is 2. The summed E-state index contributed by atoms with van der Waals surface area (Å²) in [5.41, 5.74) is 7.44. The van der Waals surface area contributed by atoms with Gasteiger partial charge < -0.3 is 9.80 Å². The second kappa shape index (κ2) is 12.5. The minimum Gasteiger partial charge on any atom is -0.310 e. The fourth-order valence-corrected chi connectivity index (χ4v) is 8.34. The molecule has 54 heavy (non-hydrogen) atoms. The van der Waals surface area contributed by atoms with Crippen molar-refractivity contribution in [3.05, 3.63) is 193 Å². The molecule has 10 aromatic carbocycles. The SMILES string of the molecule is N#Cc1ccc2c(c1)c1ccc(N(c3ccccc3)c3ccccc3)c3c4ccc(C#N)cc4c4ccc(N(c5ccccc5)c5ccccc5)c2c4c13. The van der Waals surface area contributed by atoms with Crippen molar-refractivity contribution in [2.24, 2.45) is 0 Å². The van der Waals surface area contributed by atoms with Gasteiger partial charge >= 0.3 is 0 Å². The summed E-state index contributed by atoms with van der Waals surface area (Å²) in [5, 5.41) is 31.1. The third kappa shape index (κ3) is 4.76. The molecule has 250 valence electrons. The molecule has 0 spiro atoms. The summed E-state index contributed by atoms with van der Waals surface area (Å²) >= 11 is 0.